The lowest BCUT2D eigenvalue weighted by molar-refractivity contribution is 0.00406. The molecule has 0 atom stereocenters. The van der Waals surface area contributed by atoms with Gasteiger partial charge in [0.1, 0.15) is 5.58 Å². The molecule has 1 amide bonds. The second-order valence-corrected chi connectivity index (χ2v) is 4.95. The Morgan fingerprint density at radius 2 is 1.94 bits per heavy atom. The number of carbonyl (C=O) groups is 1. The van der Waals surface area contributed by atoms with Crippen LogP contribution in [-0.2, 0) is 0 Å². The van der Waals surface area contributed by atoms with E-state index < -0.39 is 0 Å². The molecule has 0 bridgehead atoms. The summed E-state index contributed by atoms with van der Waals surface area (Å²) in [7, 11) is 0. The lowest BCUT2D eigenvalue weighted by Crippen LogP contribution is -2.53. The van der Waals surface area contributed by atoms with Crippen molar-refractivity contribution in [2.75, 3.05) is 13.1 Å². The summed E-state index contributed by atoms with van der Waals surface area (Å²) < 4.78 is 5.58. The number of hydrogen-bond acceptors (Lipinski definition) is 3. The fourth-order valence-corrected chi connectivity index (χ4v) is 2.18. The first-order chi connectivity index (χ1) is 8.54. The molecule has 18 heavy (non-hydrogen) atoms. The van der Waals surface area contributed by atoms with E-state index in [-0.39, 0.29) is 12.0 Å². The first-order valence-electron chi connectivity index (χ1n) is 6.03. The normalized spacial score (nSPS) is 16.1. The van der Waals surface area contributed by atoms with Gasteiger partial charge in [0.05, 0.1) is 6.10 Å². The quantitative estimate of drug-likeness (QED) is 0.834. The number of likely N-dealkylation sites (tertiary alicyclic amines) is 1. The van der Waals surface area contributed by atoms with Crippen LogP contribution in [-0.4, -0.2) is 35.1 Å². The van der Waals surface area contributed by atoms with E-state index in [1.54, 1.807) is 11.0 Å². The zero-order chi connectivity index (χ0) is 12.9. The summed E-state index contributed by atoms with van der Waals surface area (Å²) in [5.74, 6) is 0.203. The highest BCUT2D eigenvalue weighted by atomic mass is 16.3. The number of carbonyl (C=O) groups excluding carboxylic acids is 1. The maximum Gasteiger partial charge on any atom is 0.289 e. The summed E-state index contributed by atoms with van der Waals surface area (Å²) in [5.41, 5.74) is 3.07. The van der Waals surface area contributed by atoms with Crippen molar-refractivity contribution in [1.29, 1.82) is 0 Å². The van der Waals surface area contributed by atoms with Gasteiger partial charge in [-0.3, -0.25) is 4.79 Å². The highest BCUT2D eigenvalue weighted by molar-refractivity contribution is 5.96. The zero-order valence-corrected chi connectivity index (χ0v) is 10.4. The molecule has 2 aromatic rings. The maximum absolute atomic E-state index is 12.0. The molecule has 1 aliphatic rings. The number of aliphatic hydroxyl groups is 1. The number of nitrogens with zero attached hydrogens (tertiary/aromatic N) is 1. The van der Waals surface area contributed by atoms with Crippen LogP contribution in [0.5, 0.6) is 0 Å². The summed E-state index contributed by atoms with van der Waals surface area (Å²) in [6.45, 7) is 4.85. The molecule has 1 aromatic carbocycles. The van der Waals surface area contributed by atoms with Crippen LogP contribution in [0.2, 0.25) is 0 Å². The molecule has 2 heterocycles. The Bertz CT molecular complexity index is 584. The fraction of sp³-hybridized carbons (Fsp3) is 0.357. The van der Waals surface area contributed by atoms with Crippen LogP contribution in [0.4, 0.5) is 0 Å². The predicted octanol–water partition coefficient (Wildman–Crippen LogP) is 1.87. The van der Waals surface area contributed by atoms with Gasteiger partial charge in [-0.1, -0.05) is 0 Å². The topological polar surface area (TPSA) is 53.7 Å². The van der Waals surface area contributed by atoms with E-state index >= 15 is 0 Å². The van der Waals surface area contributed by atoms with Crippen molar-refractivity contribution >= 4 is 16.9 Å². The van der Waals surface area contributed by atoms with Crippen LogP contribution in [0, 0.1) is 13.8 Å². The van der Waals surface area contributed by atoms with Gasteiger partial charge < -0.3 is 14.4 Å². The molecule has 1 aliphatic heterocycles. The molecular formula is C14H15NO3. The molecule has 0 aliphatic carbocycles. The molecule has 1 saturated heterocycles. The summed E-state index contributed by atoms with van der Waals surface area (Å²) in [6, 6.07) is 5.75. The Balaban J connectivity index is 1.96. The SMILES string of the molecule is Cc1cc2cc(C(=O)N3CC(O)C3)oc2cc1C. The minimum atomic E-state index is -0.386. The molecule has 3 rings (SSSR count). The van der Waals surface area contributed by atoms with E-state index in [9.17, 15) is 9.90 Å². The van der Waals surface area contributed by atoms with Crippen LogP contribution >= 0.6 is 0 Å². The van der Waals surface area contributed by atoms with Gasteiger partial charge in [0.2, 0.25) is 0 Å². The number of fused-ring (bicyclic) bond motifs is 1. The molecule has 1 N–H and O–H groups in total. The first kappa shape index (κ1) is 11.3. The lowest BCUT2D eigenvalue weighted by atomic mass is 10.1. The van der Waals surface area contributed by atoms with Crippen molar-refractivity contribution in [3.63, 3.8) is 0 Å². The van der Waals surface area contributed by atoms with Crippen molar-refractivity contribution in [3.05, 3.63) is 35.1 Å². The zero-order valence-electron chi connectivity index (χ0n) is 10.4. The van der Waals surface area contributed by atoms with Crippen LogP contribution in [0.3, 0.4) is 0 Å². The van der Waals surface area contributed by atoms with Crippen LogP contribution in [0.25, 0.3) is 11.0 Å². The van der Waals surface area contributed by atoms with Gasteiger partial charge in [-0.2, -0.15) is 0 Å². The van der Waals surface area contributed by atoms with E-state index in [0.717, 1.165) is 16.5 Å². The Morgan fingerprint density at radius 3 is 2.61 bits per heavy atom. The van der Waals surface area contributed by atoms with E-state index in [1.807, 2.05) is 26.0 Å². The molecule has 4 heteroatoms. The number of hydrogen-bond donors (Lipinski definition) is 1. The molecule has 0 radical (unpaired) electrons. The van der Waals surface area contributed by atoms with Gasteiger partial charge in [-0.05, 0) is 43.2 Å². The number of amides is 1. The maximum atomic E-state index is 12.0. The van der Waals surface area contributed by atoms with Gasteiger partial charge in [-0.15, -0.1) is 0 Å². The average Bonchev–Trinajstić information content (AvgIpc) is 2.67. The third kappa shape index (κ3) is 1.69. The summed E-state index contributed by atoms with van der Waals surface area (Å²) in [4.78, 5) is 13.6. The van der Waals surface area contributed by atoms with E-state index in [0.29, 0.717) is 18.8 Å². The third-order valence-corrected chi connectivity index (χ3v) is 3.49. The molecular weight excluding hydrogens is 230 g/mol. The number of rotatable bonds is 1. The molecule has 0 saturated carbocycles. The first-order valence-corrected chi connectivity index (χ1v) is 6.03. The summed E-state index contributed by atoms with van der Waals surface area (Å²) in [6.07, 6.45) is -0.386. The number of aliphatic hydroxyl groups excluding tert-OH is 1. The molecule has 1 aromatic heterocycles. The molecule has 94 valence electrons. The standard InChI is InChI=1S/C14H15NO3/c1-8-3-10-5-13(18-12(10)4-9(8)2)14(17)15-6-11(16)7-15/h3-5,11,16H,6-7H2,1-2H3. The monoisotopic (exact) mass is 245 g/mol. The number of β-amino-alcohol motifs (C(OH)–C–C–N with tert-alkyl or cyclic N) is 1. The Hall–Kier alpha value is -1.81. The van der Waals surface area contributed by atoms with Gasteiger partial charge in [0.25, 0.3) is 5.91 Å². The molecule has 4 nitrogen and oxygen atoms in total. The number of furan rings is 1. The van der Waals surface area contributed by atoms with Crippen molar-refractivity contribution in [2.24, 2.45) is 0 Å². The van der Waals surface area contributed by atoms with Gasteiger partial charge >= 0.3 is 0 Å². The smallest absolute Gasteiger partial charge is 0.289 e. The van der Waals surface area contributed by atoms with Crippen LogP contribution < -0.4 is 0 Å². The van der Waals surface area contributed by atoms with E-state index in [1.165, 1.54) is 5.56 Å². The highest BCUT2D eigenvalue weighted by Crippen LogP contribution is 2.25. The van der Waals surface area contributed by atoms with Gasteiger partial charge in [0, 0.05) is 18.5 Å². The van der Waals surface area contributed by atoms with Crippen molar-refractivity contribution in [2.45, 2.75) is 20.0 Å². The fourth-order valence-electron chi connectivity index (χ4n) is 2.18. The van der Waals surface area contributed by atoms with E-state index in [4.69, 9.17) is 4.42 Å². The minimum absolute atomic E-state index is 0.146. The molecule has 1 fully saturated rings. The largest absolute Gasteiger partial charge is 0.451 e. The van der Waals surface area contributed by atoms with Crippen molar-refractivity contribution in [3.8, 4) is 0 Å². The Kier molecular flexibility index (Phi) is 2.41. The van der Waals surface area contributed by atoms with Gasteiger partial charge in [-0.25, -0.2) is 0 Å². The number of benzene rings is 1. The molecule has 0 unspecified atom stereocenters. The lowest BCUT2D eigenvalue weighted by Gasteiger charge is -2.35. The predicted molar refractivity (Wildman–Crippen MR) is 67.6 cm³/mol. The van der Waals surface area contributed by atoms with E-state index in [2.05, 4.69) is 0 Å². The third-order valence-electron chi connectivity index (χ3n) is 3.49. The summed E-state index contributed by atoms with van der Waals surface area (Å²) >= 11 is 0. The Morgan fingerprint density at radius 1 is 1.28 bits per heavy atom. The van der Waals surface area contributed by atoms with Crippen LogP contribution in [0.1, 0.15) is 21.7 Å². The second-order valence-electron chi connectivity index (χ2n) is 4.95. The van der Waals surface area contributed by atoms with Gasteiger partial charge in [0.15, 0.2) is 5.76 Å². The molecule has 0 spiro atoms. The second kappa shape index (κ2) is 3.85. The average molecular weight is 245 g/mol. The highest BCUT2D eigenvalue weighted by Gasteiger charge is 2.31. The van der Waals surface area contributed by atoms with Crippen molar-refractivity contribution in [1.82, 2.24) is 4.90 Å². The van der Waals surface area contributed by atoms with Crippen molar-refractivity contribution < 1.29 is 14.3 Å². The summed E-state index contributed by atoms with van der Waals surface area (Å²) in [5, 5.41) is 10.1. The number of aryl methyl sites for hydroxylation is 2. The van der Waals surface area contributed by atoms with Crippen LogP contribution in [0.15, 0.2) is 22.6 Å². The Labute approximate surface area is 105 Å². The minimum Gasteiger partial charge on any atom is -0.451 e.